The van der Waals surface area contributed by atoms with E-state index in [0.29, 0.717) is 6.04 Å². The van der Waals surface area contributed by atoms with E-state index in [1.54, 1.807) is 0 Å². The molecule has 0 spiro atoms. The number of thiophene rings is 1. The Kier molecular flexibility index (Phi) is 3.48. The number of hydrogen-bond donors (Lipinski definition) is 1. The Morgan fingerprint density at radius 3 is 2.78 bits per heavy atom. The van der Waals surface area contributed by atoms with Crippen LogP contribution in [0.15, 0.2) is 35.7 Å². The normalized spacial score (nSPS) is 14.7. The Hall–Kier alpha value is -0.750. The van der Waals surface area contributed by atoms with Crippen molar-refractivity contribution in [1.82, 2.24) is 0 Å². The second-order valence-electron chi connectivity index (χ2n) is 4.65. The minimum Gasteiger partial charge on any atom is -0.399 e. The first-order chi connectivity index (χ1) is 8.74. The summed E-state index contributed by atoms with van der Waals surface area (Å²) in [4.78, 5) is 3.95. The lowest BCUT2D eigenvalue weighted by atomic mass is 10.2. The SMILES string of the molecule is Nc1ccc(N(Cc2cccs2)C2CC2)c(I)c1. The number of nitrogens with two attached hydrogens (primary N) is 1. The highest BCUT2D eigenvalue weighted by atomic mass is 127. The van der Waals surface area contributed by atoms with Crippen LogP contribution in [0.25, 0.3) is 0 Å². The summed E-state index contributed by atoms with van der Waals surface area (Å²) in [6.45, 7) is 1.02. The molecule has 0 aliphatic heterocycles. The molecule has 1 heterocycles. The fourth-order valence-electron chi connectivity index (χ4n) is 2.12. The van der Waals surface area contributed by atoms with Crippen LogP contribution in [0.5, 0.6) is 0 Å². The number of benzene rings is 1. The quantitative estimate of drug-likeness (QED) is 0.649. The maximum atomic E-state index is 5.83. The standard InChI is InChI=1S/C14H15IN2S/c15-13-8-10(16)3-6-14(13)17(11-4-5-11)9-12-2-1-7-18-12/h1-3,6-8,11H,4-5,9,16H2. The van der Waals surface area contributed by atoms with E-state index in [9.17, 15) is 0 Å². The predicted octanol–water partition coefficient (Wildman–Crippen LogP) is 4.10. The first-order valence-corrected chi connectivity index (χ1v) is 8.04. The number of hydrogen-bond acceptors (Lipinski definition) is 3. The van der Waals surface area contributed by atoms with Crippen LogP contribution < -0.4 is 10.6 Å². The molecule has 1 saturated carbocycles. The number of anilines is 2. The maximum absolute atomic E-state index is 5.83. The Labute approximate surface area is 125 Å². The van der Waals surface area contributed by atoms with Crippen LogP contribution in [0.2, 0.25) is 0 Å². The van der Waals surface area contributed by atoms with Crippen LogP contribution in [0.4, 0.5) is 11.4 Å². The molecule has 18 heavy (non-hydrogen) atoms. The van der Waals surface area contributed by atoms with Crippen LogP contribution in [0.3, 0.4) is 0 Å². The topological polar surface area (TPSA) is 29.3 Å². The van der Waals surface area contributed by atoms with Gasteiger partial charge in [-0.1, -0.05) is 6.07 Å². The van der Waals surface area contributed by atoms with Crippen molar-refractivity contribution in [2.45, 2.75) is 25.4 Å². The molecular weight excluding hydrogens is 355 g/mol. The lowest BCUT2D eigenvalue weighted by Gasteiger charge is -2.25. The molecule has 1 aromatic carbocycles. The monoisotopic (exact) mass is 370 g/mol. The van der Waals surface area contributed by atoms with Crippen molar-refractivity contribution in [3.8, 4) is 0 Å². The van der Waals surface area contributed by atoms with Crippen molar-refractivity contribution in [3.63, 3.8) is 0 Å². The zero-order valence-corrected chi connectivity index (χ0v) is 12.9. The van der Waals surface area contributed by atoms with E-state index < -0.39 is 0 Å². The number of halogens is 1. The van der Waals surface area contributed by atoms with Gasteiger partial charge in [-0.05, 0) is 65.1 Å². The number of rotatable bonds is 4. The molecule has 0 saturated heterocycles. The summed E-state index contributed by atoms with van der Waals surface area (Å²) < 4.78 is 1.25. The Morgan fingerprint density at radius 2 is 2.17 bits per heavy atom. The molecule has 0 unspecified atom stereocenters. The van der Waals surface area contributed by atoms with Gasteiger partial charge in [0, 0.05) is 20.2 Å². The lowest BCUT2D eigenvalue weighted by Crippen LogP contribution is -2.25. The van der Waals surface area contributed by atoms with E-state index in [4.69, 9.17) is 5.73 Å². The third kappa shape index (κ3) is 2.64. The molecule has 1 aliphatic rings. The summed E-state index contributed by atoms with van der Waals surface area (Å²) in [6.07, 6.45) is 2.62. The average Bonchev–Trinajstić information content (AvgIpc) is 3.05. The summed E-state index contributed by atoms with van der Waals surface area (Å²) in [6, 6.07) is 11.3. The molecule has 2 aromatic rings. The second kappa shape index (κ2) is 5.09. The van der Waals surface area contributed by atoms with E-state index in [0.717, 1.165) is 12.2 Å². The Balaban J connectivity index is 1.89. The molecule has 94 valence electrons. The Bertz CT molecular complexity index is 535. The van der Waals surface area contributed by atoms with Crippen molar-refractivity contribution in [2.24, 2.45) is 0 Å². The van der Waals surface area contributed by atoms with Gasteiger partial charge in [0.15, 0.2) is 0 Å². The Morgan fingerprint density at radius 1 is 1.33 bits per heavy atom. The fourth-order valence-corrected chi connectivity index (χ4v) is 3.68. The molecule has 2 nitrogen and oxygen atoms in total. The van der Waals surface area contributed by atoms with Crippen molar-refractivity contribution in [2.75, 3.05) is 10.6 Å². The number of nitrogen functional groups attached to an aromatic ring is 1. The van der Waals surface area contributed by atoms with E-state index in [2.05, 4.69) is 57.1 Å². The first-order valence-electron chi connectivity index (χ1n) is 6.08. The highest BCUT2D eigenvalue weighted by molar-refractivity contribution is 14.1. The van der Waals surface area contributed by atoms with E-state index in [-0.39, 0.29) is 0 Å². The second-order valence-corrected chi connectivity index (χ2v) is 6.84. The zero-order chi connectivity index (χ0) is 12.5. The van der Waals surface area contributed by atoms with Crippen LogP contribution >= 0.6 is 33.9 Å². The molecular formula is C14H15IN2S. The molecule has 0 amide bonds. The summed E-state index contributed by atoms with van der Waals surface area (Å²) >= 11 is 4.22. The number of nitrogens with zero attached hydrogens (tertiary/aromatic N) is 1. The van der Waals surface area contributed by atoms with Gasteiger partial charge in [0.1, 0.15) is 0 Å². The van der Waals surface area contributed by atoms with Crippen LogP contribution in [-0.2, 0) is 6.54 Å². The lowest BCUT2D eigenvalue weighted by molar-refractivity contribution is 0.801. The van der Waals surface area contributed by atoms with Crippen LogP contribution in [0.1, 0.15) is 17.7 Å². The molecule has 1 fully saturated rings. The van der Waals surface area contributed by atoms with Gasteiger partial charge >= 0.3 is 0 Å². The van der Waals surface area contributed by atoms with Gasteiger partial charge < -0.3 is 10.6 Å². The first kappa shape index (κ1) is 12.3. The van der Waals surface area contributed by atoms with E-state index in [1.807, 2.05) is 17.4 Å². The van der Waals surface area contributed by atoms with Gasteiger partial charge in [-0.2, -0.15) is 0 Å². The predicted molar refractivity (Wildman–Crippen MR) is 87.1 cm³/mol. The van der Waals surface area contributed by atoms with Crippen molar-refractivity contribution in [1.29, 1.82) is 0 Å². The highest BCUT2D eigenvalue weighted by Crippen LogP contribution is 2.36. The summed E-state index contributed by atoms with van der Waals surface area (Å²) in [5, 5.41) is 2.15. The fraction of sp³-hybridized carbons (Fsp3) is 0.286. The highest BCUT2D eigenvalue weighted by Gasteiger charge is 2.30. The summed E-state index contributed by atoms with van der Waals surface area (Å²) in [7, 11) is 0. The largest absolute Gasteiger partial charge is 0.399 e. The van der Waals surface area contributed by atoms with Crippen molar-refractivity contribution >= 4 is 45.3 Å². The van der Waals surface area contributed by atoms with Gasteiger partial charge in [-0.15, -0.1) is 11.3 Å². The smallest absolute Gasteiger partial charge is 0.0526 e. The third-order valence-corrected chi connectivity index (χ3v) is 4.90. The molecule has 0 atom stereocenters. The van der Waals surface area contributed by atoms with Crippen LogP contribution in [0, 0.1) is 3.57 Å². The van der Waals surface area contributed by atoms with Gasteiger partial charge in [-0.25, -0.2) is 0 Å². The van der Waals surface area contributed by atoms with E-state index >= 15 is 0 Å². The molecule has 0 radical (unpaired) electrons. The molecule has 2 N–H and O–H groups in total. The summed E-state index contributed by atoms with van der Waals surface area (Å²) in [5.41, 5.74) is 8.00. The third-order valence-electron chi connectivity index (χ3n) is 3.18. The minimum atomic E-state index is 0.712. The maximum Gasteiger partial charge on any atom is 0.0526 e. The molecule has 3 rings (SSSR count). The molecule has 0 bridgehead atoms. The van der Waals surface area contributed by atoms with Gasteiger partial charge in [-0.3, -0.25) is 0 Å². The van der Waals surface area contributed by atoms with Gasteiger partial charge in [0.25, 0.3) is 0 Å². The average molecular weight is 370 g/mol. The minimum absolute atomic E-state index is 0.712. The van der Waals surface area contributed by atoms with Gasteiger partial charge in [0.05, 0.1) is 12.2 Å². The van der Waals surface area contributed by atoms with Gasteiger partial charge in [0.2, 0.25) is 0 Å². The summed E-state index contributed by atoms with van der Waals surface area (Å²) in [5.74, 6) is 0. The molecule has 4 heteroatoms. The zero-order valence-electron chi connectivity index (χ0n) is 9.97. The van der Waals surface area contributed by atoms with Crippen molar-refractivity contribution < 1.29 is 0 Å². The van der Waals surface area contributed by atoms with Crippen molar-refractivity contribution in [3.05, 3.63) is 44.2 Å². The molecule has 1 aromatic heterocycles. The van der Waals surface area contributed by atoms with E-state index in [1.165, 1.54) is 27.0 Å². The molecule has 1 aliphatic carbocycles. The van der Waals surface area contributed by atoms with Crippen LogP contribution in [-0.4, -0.2) is 6.04 Å².